The zero-order valence-electron chi connectivity index (χ0n) is 20.6. The van der Waals surface area contributed by atoms with Crippen molar-refractivity contribution in [2.75, 3.05) is 32.8 Å². The molecule has 1 aliphatic rings. The molecule has 1 unspecified atom stereocenters. The van der Waals surface area contributed by atoms with Crippen molar-refractivity contribution in [3.05, 3.63) is 58.5 Å². The number of thiophene rings is 1. The highest BCUT2D eigenvalue weighted by molar-refractivity contribution is 7.15. The monoisotopic (exact) mass is 493 g/mol. The van der Waals surface area contributed by atoms with Crippen molar-refractivity contribution in [2.24, 2.45) is 0 Å². The normalized spacial score (nSPS) is 15.7. The van der Waals surface area contributed by atoms with E-state index in [-0.39, 0.29) is 18.0 Å². The van der Waals surface area contributed by atoms with Gasteiger partial charge in [-0.25, -0.2) is 9.67 Å². The van der Waals surface area contributed by atoms with E-state index >= 15 is 0 Å². The van der Waals surface area contributed by atoms with Crippen LogP contribution in [-0.2, 0) is 4.74 Å². The van der Waals surface area contributed by atoms with E-state index in [9.17, 15) is 4.79 Å². The third kappa shape index (κ3) is 4.89. The molecule has 1 saturated heterocycles. The molecule has 1 atom stereocenters. The number of morpholine rings is 1. The van der Waals surface area contributed by atoms with Gasteiger partial charge >= 0.3 is 0 Å². The van der Waals surface area contributed by atoms with E-state index in [1.54, 1.807) is 17.5 Å². The van der Waals surface area contributed by atoms with E-state index in [0.717, 1.165) is 46.2 Å². The number of nitrogens with zero attached hydrogens (tertiary/aromatic N) is 4. The number of nitrogens with one attached hydrogen (secondary N) is 1. The summed E-state index contributed by atoms with van der Waals surface area (Å²) in [6.07, 6.45) is 1.75. The minimum Gasteiger partial charge on any atom is -0.465 e. The van der Waals surface area contributed by atoms with Crippen LogP contribution in [0, 0.1) is 13.8 Å². The average Bonchev–Trinajstić information content (AvgIpc) is 3.59. The smallest absolute Gasteiger partial charge is 0.252 e. The van der Waals surface area contributed by atoms with Gasteiger partial charge < -0.3 is 14.5 Å². The second-order valence-corrected chi connectivity index (χ2v) is 10.5. The van der Waals surface area contributed by atoms with E-state index in [1.165, 1.54) is 4.88 Å². The van der Waals surface area contributed by atoms with Crippen molar-refractivity contribution in [2.45, 2.75) is 39.8 Å². The Morgan fingerprint density at radius 3 is 2.63 bits per heavy atom. The zero-order valence-corrected chi connectivity index (χ0v) is 21.4. The van der Waals surface area contributed by atoms with Crippen LogP contribution in [0.3, 0.4) is 0 Å². The first-order valence-corrected chi connectivity index (χ1v) is 12.8. The molecule has 9 heteroatoms. The second kappa shape index (κ2) is 9.93. The first-order chi connectivity index (χ1) is 16.9. The highest BCUT2D eigenvalue weighted by Crippen LogP contribution is 2.31. The number of hydrogen-bond donors (Lipinski definition) is 1. The number of pyridine rings is 1. The Morgan fingerprint density at radius 1 is 1.17 bits per heavy atom. The number of aryl methyl sites for hydroxylation is 2. The molecule has 0 spiro atoms. The largest absolute Gasteiger partial charge is 0.465 e. The van der Waals surface area contributed by atoms with Crippen molar-refractivity contribution < 1.29 is 13.9 Å². The van der Waals surface area contributed by atoms with E-state index in [1.807, 2.05) is 29.8 Å². The summed E-state index contributed by atoms with van der Waals surface area (Å²) in [5.74, 6) is 1.57. The summed E-state index contributed by atoms with van der Waals surface area (Å²) in [5, 5.41) is 8.47. The fourth-order valence-corrected chi connectivity index (χ4v) is 5.33. The molecule has 1 N–H and O–H groups in total. The predicted molar refractivity (Wildman–Crippen MR) is 137 cm³/mol. The van der Waals surface area contributed by atoms with Gasteiger partial charge in [0, 0.05) is 30.6 Å². The highest BCUT2D eigenvalue weighted by atomic mass is 32.1. The van der Waals surface area contributed by atoms with E-state index in [2.05, 4.69) is 48.2 Å². The topological polar surface area (TPSA) is 85.4 Å². The van der Waals surface area contributed by atoms with Crippen molar-refractivity contribution >= 4 is 28.3 Å². The average molecular weight is 494 g/mol. The maximum Gasteiger partial charge on any atom is 0.252 e. The molecule has 5 rings (SSSR count). The van der Waals surface area contributed by atoms with Crippen molar-refractivity contribution in [3.8, 4) is 10.6 Å². The summed E-state index contributed by atoms with van der Waals surface area (Å²) in [7, 11) is 0. The van der Waals surface area contributed by atoms with Gasteiger partial charge in [0.15, 0.2) is 5.65 Å². The van der Waals surface area contributed by atoms with Crippen LogP contribution in [0.15, 0.2) is 40.9 Å². The van der Waals surface area contributed by atoms with Crippen LogP contribution in [-0.4, -0.2) is 58.4 Å². The molecular formula is C26H31N5O3S. The number of furan rings is 1. The first-order valence-electron chi connectivity index (χ1n) is 12.0. The van der Waals surface area contributed by atoms with Gasteiger partial charge in [-0.15, -0.1) is 11.3 Å². The minimum absolute atomic E-state index is 0.0633. The minimum atomic E-state index is -0.142. The summed E-state index contributed by atoms with van der Waals surface area (Å²) in [4.78, 5) is 23.0. The molecule has 0 radical (unpaired) electrons. The first kappa shape index (κ1) is 23.7. The molecule has 4 aromatic rings. The molecule has 8 nitrogen and oxygen atoms in total. The number of carbonyl (C=O) groups excluding carboxylic acids is 1. The molecule has 0 saturated carbocycles. The number of hydrogen-bond acceptors (Lipinski definition) is 7. The molecule has 35 heavy (non-hydrogen) atoms. The third-order valence-electron chi connectivity index (χ3n) is 6.33. The molecule has 0 aromatic carbocycles. The molecule has 0 bridgehead atoms. The Balaban J connectivity index is 1.47. The predicted octanol–water partition coefficient (Wildman–Crippen LogP) is 4.75. The molecule has 1 amide bonds. The Morgan fingerprint density at radius 2 is 1.97 bits per heavy atom. The molecule has 5 heterocycles. The maximum absolute atomic E-state index is 13.6. The van der Waals surface area contributed by atoms with Gasteiger partial charge in [-0.1, -0.05) is 0 Å². The Hall–Kier alpha value is -3.01. The van der Waals surface area contributed by atoms with Crippen molar-refractivity contribution in [3.63, 3.8) is 0 Å². The number of rotatable bonds is 7. The number of aromatic nitrogens is 3. The van der Waals surface area contributed by atoms with Crippen LogP contribution in [0.2, 0.25) is 0 Å². The summed E-state index contributed by atoms with van der Waals surface area (Å²) in [6, 6.07) is 10.0. The van der Waals surface area contributed by atoms with E-state index in [4.69, 9.17) is 14.1 Å². The van der Waals surface area contributed by atoms with Crippen LogP contribution in [0.4, 0.5) is 0 Å². The van der Waals surface area contributed by atoms with Gasteiger partial charge in [0.2, 0.25) is 0 Å². The van der Waals surface area contributed by atoms with Gasteiger partial charge in [-0.05, 0) is 58.0 Å². The number of ether oxygens (including phenoxy) is 1. The number of amides is 1. The van der Waals surface area contributed by atoms with Crippen LogP contribution in [0.1, 0.15) is 52.7 Å². The number of carbonyl (C=O) groups is 1. The van der Waals surface area contributed by atoms with Gasteiger partial charge in [0.1, 0.15) is 11.5 Å². The summed E-state index contributed by atoms with van der Waals surface area (Å²) in [6.45, 7) is 11.5. The Bertz CT molecular complexity index is 1330. The van der Waals surface area contributed by atoms with Gasteiger partial charge in [-0.3, -0.25) is 9.69 Å². The van der Waals surface area contributed by atoms with Crippen LogP contribution < -0.4 is 5.32 Å². The fraction of sp³-hybridized carbons (Fsp3) is 0.423. The van der Waals surface area contributed by atoms with Crippen LogP contribution in [0.25, 0.3) is 21.6 Å². The second-order valence-electron chi connectivity index (χ2n) is 9.21. The summed E-state index contributed by atoms with van der Waals surface area (Å²) >= 11 is 1.67. The molecule has 1 aliphatic heterocycles. The number of fused-ring (bicyclic) bond motifs is 1. The van der Waals surface area contributed by atoms with Gasteiger partial charge in [0.25, 0.3) is 5.91 Å². The molecule has 1 fully saturated rings. The lowest BCUT2D eigenvalue weighted by atomic mass is 10.1. The van der Waals surface area contributed by atoms with Crippen molar-refractivity contribution in [1.29, 1.82) is 0 Å². The molecule has 0 aliphatic carbocycles. The zero-order chi connectivity index (χ0) is 24.5. The lowest BCUT2D eigenvalue weighted by molar-refractivity contribution is 0.0117. The van der Waals surface area contributed by atoms with E-state index < -0.39 is 0 Å². The maximum atomic E-state index is 13.6. The summed E-state index contributed by atoms with van der Waals surface area (Å²) in [5.41, 5.74) is 2.09. The Kier molecular flexibility index (Phi) is 6.73. The standard InChI is InChI=1S/C26H31N5O3S/c1-16(2)31-25-20(14-28-31)19(13-21(29-25)24-8-6-18(4)35-24)26(32)27-15-22(23-7-5-17(3)34-23)30-9-11-33-12-10-30/h5-8,13-14,16,22H,9-12,15H2,1-4H3,(H,27,32). The lowest BCUT2D eigenvalue weighted by Crippen LogP contribution is -2.43. The SMILES string of the molecule is Cc1ccc(C(CNC(=O)c2cc(-c3ccc(C)s3)nc3c2cnn3C(C)C)N2CCOCC2)o1. The van der Waals surface area contributed by atoms with E-state index in [0.29, 0.717) is 25.3 Å². The highest BCUT2D eigenvalue weighted by Gasteiger charge is 2.27. The summed E-state index contributed by atoms with van der Waals surface area (Å²) < 4.78 is 13.4. The third-order valence-corrected chi connectivity index (χ3v) is 7.35. The molecule has 4 aromatic heterocycles. The Labute approximate surface area is 208 Å². The van der Waals surface area contributed by atoms with Crippen molar-refractivity contribution in [1.82, 2.24) is 25.0 Å². The van der Waals surface area contributed by atoms with Crippen LogP contribution in [0.5, 0.6) is 0 Å². The van der Waals surface area contributed by atoms with Gasteiger partial charge in [-0.2, -0.15) is 5.10 Å². The lowest BCUT2D eigenvalue weighted by Gasteiger charge is -2.33. The van der Waals surface area contributed by atoms with Gasteiger partial charge in [0.05, 0.1) is 47.0 Å². The van der Waals surface area contributed by atoms with Crippen LogP contribution >= 0.6 is 11.3 Å². The molecule has 184 valence electrons. The molecular weight excluding hydrogens is 462 g/mol. The quantitative estimate of drug-likeness (QED) is 0.400. The fourth-order valence-electron chi connectivity index (χ4n) is 4.50.